The van der Waals surface area contributed by atoms with Crippen molar-refractivity contribution in [2.45, 2.75) is 0 Å². The molecule has 0 atom stereocenters. The summed E-state index contributed by atoms with van der Waals surface area (Å²) in [7, 11) is 4.45. The minimum absolute atomic E-state index is 0.236. The van der Waals surface area contributed by atoms with Crippen LogP contribution in [-0.4, -0.2) is 33.2 Å². The Morgan fingerprint density at radius 2 is 1.47 bits per heavy atom. The molecule has 0 aliphatic rings. The maximum Gasteiger partial charge on any atom is 0.328 e. The second kappa shape index (κ2) is 9.47. The van der Waals surface area contributed by atoms with Crippen molar-refractivity contribution in [3.05, 3.63) is 78.4 Å². The first-order chi connectivity index (χ1) is 14.6. The van der Waals surface area contributed by atoms with Crippen molar-refractivity contribution >= 4 is 17.6 Å². The van der Waals surface area contributed by atoms with Crippen LogP contribution in [0.1, 0.15) is 10.4 Å². The number of ether oxygens (including phenoxy) is 3. The van der Waals surface area contributed by atoms with Crippen molar-refractivity contribution in [2.24, 2.45) is 0 Å². The van der Waals surface area contributed by atoms with Crippen molar-refractivity contribution in [1.82, 2.24) is 5.32 Å². The Kier molecular flexibility index (Phi) is 6.54. The van der Waals surface area contributed by atoms with Gasteiger partial charge in [0.05, 0.1) is 25.5 Å². The van der Waals surface area contributed by atoms with Gasteiger partial charge in [-0.05, 0) is 36.4 Å². The van der Waals surface area contributed by atoms with Crippen LogP contribution in [0.5, 0.6) is 23.0 Å². The van der Waals surface area contributed by atoms with E-state index in [1.54, 1.807) is 54.6 Å². The third-order valence-corrected chi connectivity index (χ3v) is 4.33. The Labute approximate surface area is 174 Å². The summed E-state index contributed by atoms with van der Waals surface area (Å²) in [6.07, 6.45) is 0. The molecule has 154 valence electrons. The van der Waals surface area contributed by atoms with Crippen LogP contribution in [0.3, 0.4) is 0 Å². The van der Waals surface area contributed by atoms with Gasteiger partial charge in [0, 0.05) is 13.1 Å². The number of para-hydroxylation sites is 2. The van der Waals surface area contributed by atoms with Gasteiger partial charge in [-0.2, -0.15) is 0 Å². The zero-order valence-electron chi connectivity index (χ0n) is 16.9. The van der Waals surface area contributed by atoms with Crippen LogP contribution in [-0.2, 0) is 0 Å². The van der Waals surface area contributed by atoms with Crippen molar-refractivity contribution in [3.63, 3.8) is 0 Å². The summed E-state index contributed by atoms with van der Waals surface area (Å²) >= 11 is 0. The van der Waals surface area contributed by atoms with Gasteiger partial charge in [0.25, 0.3) is 5.91 Å². The summed E-state index contributed by atoms with van der Waals surface area (Å²) < 4.78 is 16.4. The largest absolute Gasteiger partial charge is 0.493 e. The highest BCUT2D eigenvalue weighted by Gasteiger charge is 2.27. The first-order valence-corrected chi connectivity index (χ1v) is 9.19. The van der Waals surface area contributed by atoms with Crippen LogP contribution >= 0.6 is 0 Å². The molecule has 0 aliphatic heterocycles. The van der Waals surface area contributed by atoms with Gasteiger partial charge in [-0.25, -0.2) is 9.69 Å². The fourth-order valence-electron chi connectivity index (χ4n) is 2.87. The summed E-state index contributed by atoms with van der Waals surface area (Å²) in [5.74, 6) is 1.25. The molecule has 3 rings (SSSR count). The maximum absolute atomic E-state index is 13.4. The molecule has 30 heavy (non-hydrogen) atoms. The molecule has 1 N–H and O–H groups in total. The fraction of sp³-hybridized carbons (Fsp3) is 0.130. The third-order valence-electron chi connectivity index (χ3n) is 4.33. The maximum atomic E-state index is 13.4. The van der Waals surface area contributed by atoms with E-state index in [9.17, 15) is 9.59 Å². The lowest BCUT2D eigenvalue weighted by Crippen LogP contribution is -2.42. The highest BCUT2D eigenvalue weighted by molar-refractivity contribution is 6.21. The Balaban J connectivity index is 2.03. The molecular formula is C23H22N2O5. The molecule has 0 unspecified atom stereocenters. The lowest BCUT2D eigenvalue weighted by Gasteiger charge is -2.22. The van der Waals surface area contributed by atoms with Gasteiger partial charge >= 0.3 is 6.03 Å². The minimum atomic E-state index is -0.596. The Bertz CT molecular complexity index is 1040. The van der Waals surface area contributed by atoms with Crippen LogP contribution in [0.2, 0.25) is 0 Å². The summed E-state index contributed by atoms with van der Waals surface area (Å²) in [5, 5.41) is 2.50. The number of amides is 3. The molecule has 0 heterocycles. The van der Waals surface area contributed by atoms with E-state index in [0.29, 0.717) is 28.7 Å². The summed E-state index contributed by atoms with van der Waals surface area (Å²) in [6, 6.07) is 20.1. The van der Waals surface area contributed by atoms with Crippen LogP contribution < -0.4 is 24.4 Å². The molecule has 7 nitrogen and oxygen atoms in total. The van der Waals surface area contributed by atoms with Gasteiger partial charge < -0.3 is 19.5 Å². The molecule has 7 heteroatoms. The summed E-state index contributed by atoms with van der Waals surface area (Å²) in [4.78, 5) is 27.1. The third kappa shape index (κ3) is 4.35. The quantitative estimate of drug-likeness (QED) is 0.653. The monoisotopic (exact) mass is 406 g/mol. The van der Waals surface area contributed by atoms with E-state index in [-0.39, 0.29) is 5.56 Å². The number of hydrogen-bond acceptors (Lipinski definition) is 5. The zero-order valence-corrected chi connectivity index (χ0v) is 16.9. The number of carbonyl (C=O) groups is 2. The van der Waals surface area contributed by atoms with E-state index < -0.39 is 11.9 Å². The van der Waals surface area contributed by atoms with E-state index >= 15 is 0 Å². The number of imide groups is 1. The molecule has 3 aromatic carbocycles. The van der Waals surface area contributed by atoms with Gasteiger partial charge in [0.2, 0.25) is 0 Å². The highest BCUT2D eigenvalue weighted by atomic mass is 16.5. The van der Waals surface area contributed by atoms with Crippen LogP contribution in [0.25, 0.3) is 0 Å². The standard InChI is InChI=1S/C23H22N2O5/c1-24-23(27)25(16-13-14-20(28-2)21(15-16)29-3)22(26)18-11-7-8-12-19(18)30-17-9-5-4-6-10-17/h4-15H,1-3H3,(H,24,27). The smallest absolute Gasteiger partial charge is 0.328 e. The average molecular weight is 406 g/mol. The minimum Gasteiger partial charge on any atom is -0.493 e. The molecule has 3 amide bonds. The summed E-state index contributed by atoms with van der Waals surface area (Å²) in [6.45, 7) is 0. The van der Waals surface area contributed by atoms with Crippen LogP contribution in [0, 0.1) is 0 Å². The Morgan fingerprint density at radius 1 is 0.800 bits per heavy atom. The number of hydrogen-bond donors (Lipinski definition) is 1. The summed E-state index contributed by atoms with van der Waals surface area (Å²) in [5.41, 5.74) is 0.561. The molecule has 0 spiro atoms. The molecule has 0 radical (unpaired) electrons. The van der Waals surface area contributed by atoms with E-state index in [1.165, 1.54) is 21.3 Å². The van der Waals surface area contributed by atoms with E-state index in [0.717, 1.165) is 4.90 Å². The molecule has 3 aromatic rings. The molecular weight excluding hydrogens is 384 g/mol. The van der Waals surface area contributed by atoms with Crippen molar-refractivity contribution in [3.8, 4) is 23.0 Å². The van der Waals surface area contributed by atoms with Crippen molar-refractivity contribution in [1.29, 1.82) is 0 Å². The van der Waals surface area contributed by atoms with E-state index in [4.69, 9.17) is 14.2 Å². The second-order valence-electron chi connectivity index (χ2n) is 6.15. The SMILES string of the molecule is CNC(=O)N(C(=O)c1ccccc1Oc1ccccc1)c1ccc(OC)c(OC)c1. The number of benzene rings is 3. The number of anilines is 1. The average Bonchev–Trinajstić information content (AvgIpc) is 2.79. The van der Waals surface area contributed by atoms with Gasteiger partial charge in [-0.1, -0.05) is 30.3 Å². The number of carbonyl (C=O) groups excluding carboxylic acids is 2. The fourth-order valence-corrected chi connectivity index (χ4v) is 2.87. The van der Waals surface area contributed by atoms with Gasteiger partial charge in [0.1, 0.15) is 11.5 Å². The number of rotatable bonds is 6. The zero-order chi connectivity index (χ0) is 21.5. The number of methoxy groups -OCH3 is 2. The normalized spacial score (nSPS) is 10.1. The van der Waals surface area contributed by atoms with Crippen LogP contribution in [0.4, 0.5) is 10.5 Å². The molecule has 0 aromatic heterocycles. The Morgan fingerprint density at radius 3 is 2.13 bits per heavy atom. The number of nitrogens with zero attached hydrogens (tertiary/aromatic N) is 1. The van der Waals surface area contributed by atoms with Crippen molar-refractivity contribution in [2.75, 3.05) is 26.2 Å². The first-order valence-electron chi connectivity index (χ1n) is 9.19. The lowest BCUT2D eigenvalue weighted by atomic mass is 10.1. The molecule has 0 saturated carbocycles. The molecule has 0 bridgehead atoms. The second-order valence-corrected chi connectivity index (χ2v) is 6.15. The molecule has 0 aliphatic carbocycles. The van der Waals surface area contributed by atoms with Crippen LogP contribution in [0.15, 0.2) is 72.8 Å². The van der Waals surface area contributed by atoms with E-state index in [2.05, 4.69) is 5.32 Å². The van der Waals surface area contributed by atoms with E-state index in [1.807, 2.05) is 18.2 Å². The topological polar surface area (TPSA) is 77.1 Å². The Hall–Kier alpha value is -4.00. The molecule has 0 saturated heterocycles. The number of urea groups is 1. The number of nitrogens with one attached hydrogen (secondary N) is 1. The first kappa shape index (κ1) is 20.7. The van der Waals surface area contributed by atoms with Gasteiger partial charge in [-0.15, -0.1) is 0 Å². The van der Waals surface area contributed by atoms with Crippen molar-refractivity contribution < 1.29 is 23.8 Å². The predicted octanol–water partition coefficient (Wildman–Crippen LogP) is 4.48. The molecule has 0 fully saturated rings. The highest BCUT2D eigenvalue weighted by Crippen LogP contribution is 2.33. The van der Waals surface area contributed by atoms with Gasteiger partial charge in [-0.3, -0.25) is 4.79 Å². The predicted molar refractivity (Wildman–Crippen MR) is 114 cm³/mol. The van der Waals surface area contributed by atoms with Gasteiger partial charge in [0.15, 0.2) is 11.5 Å². The lowest BCUT2D eigenvalue weighted by molar-refractivity contribution is 0.0992.